The third-order valence-electron chi connectivity index (χ3n) is 2.78. The first kappa shape index (κ1) is 12.6. The van der Waals surface area contributed by atoms with Crippen molar-refractivity contribution in [3.8, 4) is 5.75 Å². The van der Waals surface area contributed by atoms with E-state index in [0.717, 1.165) is 11.3 Å². The lowest BCUT2D eigenvalue weighted by atomic mass is 10.2. The van der Waals surface area contributed by atoms with Crippen LogP contribution in [-0.2, 0) is 13.2 Å². The van der Waals surface area contributed by atoms with Crippen LogP contribution >= 0.6 is 0 Å². The summed E-state index contributed by atoms with van der Waals surface area (Å²) in [6, 6.07) is 6.67. The van der Waals surface area contributed by atoms with Crippen LogP contribution in [0.2, 0.25) is 0 Å². The predicted molar refractivity (Wildman–Crippen MR) is 66.8 cm³/mol. The largest absolute Gasteiger partial charge is 0.486 e. The third-order valence-corrected chi connectivity index (χ3v) is 2.78. The molecule has 0 saturated heterocycles. The molecule has 2 rings (SSSR count). The maximum Gasteiger partial charge on any atom is 0.146 e. The Morgan fingerprint density at radius 1 is 1.22 bits per heavy atom. The van der Waals surface area contributed by atoms with E-state index >= 15 is 0 Å². The molecule has 4 heteroatoms. The lowest BCUT2D eigenvalue weighted by Crippen LogP contribution is -1.96. The van der Waals surface area contributed by atoms with Gasteiger partial charge in [-0.05, 0) is 37.1 Å². The van der Waals surface area contributed by atoms with Gasteiger partial charge in [-0.15, -0.1) is 0 Å². The summed E-state index contributed by atoms with van der Waals surface area (Å²) in [7, 11) is 0. The van der Waals surface area contributed by atoms with E-state index in [-0.39, 0.29) is 12.4 Å². The van der Waals surface area contributed by atoms with Crippen LogP contribution in [0.4, 0.5) is 4.39 Å². The van der Waals surface area contributed by atoms with Gasteiger partial charge in [0.2, 0.25) is 0 Å². The van der Waals surface area contributed by atoms with E-state index in [1.807, 2.05) is 13.0 Å². The van der Waals surface area contributed by atoms with E-state index in [2.05, 4.69) is 0 Å². The van der Waals surface area contributed by atoms with Crippen LogP contribution in [0, 0.1) is 19.7 Å². The molecular formula is C14H16FNO2. The molecule has 0 unspecified atom stereocenters. The minimum absolute atomic E-state index is 0.267. The number of benzene rings is 1. The Bertz CT molecular complexity index is 549. The second-order valence-corrected chi connectivity index (χ2v) is 4.22. The summed E-state index contributed by atoms with van der Waals surface area (Å²) in [5, 5.41) is 0. The second-order valence-electron chi connectivity index (χ2n) is 4.22. The van der Waals surface area contributed by atoms with E-state index in [4.69, 9.17) is 14.9 Å². The molecule has 2 N–H and O–H groups in total. The van der Waals surface area contributed by atoms with E-state index in [0.29, 0.717) is 23.6 Å². The lowest BCUT2D eigenvalue weighted by molar-refractivity contribution is 0.265. The molecule has 1 aromatic heterocycles. The maximum absolute atomic E-state index is 13.3. The van der Waals surface area contributed by atoms with Gasteiger partial charge >= 0.3 is 0 Å². The number of hydrogen-bond donors (Lipinski definition) is 1. The Morgan fingerprint density at radius 3 is 2.61 bits per heavy atom. The van der Waals surface area contributed by atoms with Crippen LogP contribution < -0.4 is 10.5 Å². The average molecular weight is 249 g/mol. The molecule has 0 radical (unpaired) electrons. The van der Waals surface area contributed by atoms with Crippen molar-refractivity contribution < 1.29 is 13.5 Å². The van der Waals surface area contributed by atoms with Gasteiger partial charge in [-0.2, -0.15) is 0 Å². The van der Waals surface area contributed by atoms with Gasteiger partial charge < -0.3 is 14.9 Å². The van der Waals surface area contributed by atoms with Crippen molar-refractivity contribution >= 4 is 0 Å². The molecular weight excluding hydrogens is 233 g/mol. The highest BCUT2D eigenvalue weighted by atomic mass is 19.1. The first-order chi connectivity index (χ1) is 8.60. The first-order valence-electron chi connectivity index (χ1n) is 5.77. The molecule has 96 valence electrons. The Hall–Kier alpha value is -1.81. The quantitative estimate of drug-likeness (QED) is 0.905. The standard InChI is InChI=1S/C14H16FNO2/c1-9-3-4-11(6-13(9)15)17-8-12-5-10(2)14(7-16)18-12/h3-6H,7-8,16H2,1-2H3. The number of rotatable bonds is 4. The minimum atomic E-state index is -0.272. The van der Waals surface area contributed by atoms with Gasteiger partial charge in [0.05, 0.1) is 6.54 Å². The Kier molecular flexibility index (Phi) is 3.67. The monoisotopic (exact) mass is 249 g/mol. The minimum Gasteiger partial charge on any atom is -0.486 e. The molecule has 2 aromatic rings. The molecule has 0 bridgehead atoms. The zero-order valence-corrected chi connectivity index (χ0v) is 10.5. The number of furan rings is 1. The van der Waals surface area contributed by atoms with Gasteiger partial charge in [0, 0.05) is 6.07 Å². The van der Waals surface area contributed by atoms with Gasteiger partial charge in [-0.1, -0.05) is 6.07 Å². The predicted octanol–water partition coefficient (Wildman–Crippen LogP) is 3.07. The van der Waals surface area contributed by atoms with Gasteiger partial charge in [0.1, 0.15) is 29.7 Å². The molecule has 0 aliphatic rings. The van der Waals surface area contributed by atoms with E-state index in [9.17, 15) is 4.39 Å². The van der Waals surface area contributed by atoms with Crippen LogP contribution in [0.5, 0.6) is 5.75 Å². The first-order valence-corrected chi connectivity index (χ1v) is 5.77. The van der Waals surface area contributed by atoms with Gasteiger partial charge in [-0.25, -0.2) is 4.39 Å². The van der Waals surface area contributed by atoms with Crippen molar-refractivity contribution in [2.75, 3.05) is 0 Å². The van der Waals surface area contributed by atoms with Gasteiger partial charge in [-0.3, -0.25) is 0 Å². The Balaban J connectivity index is 2.04. The smallest absolute Gasteiger partial charge is 0.146 e. The maximum atomic E-state index is 13.3. The molecule has 1 aromatic carbocycles. The zero-order chi connectivity index (χ0) is 13.1. The van der Waals surface area contributed by atoms with Crippen molar-refractivity contribution in [2.24, 2.45) is 5.73 Å². The van der Waals surface area contributed by atoms with E-state index < -0.39 is 0 Å². The van der Waals surface area contributed by atoms with E-state index in [1.54, 1.807) is 19.1 Å². The Labute approximate surface area is 105 Å². The van der Waals surface area contributed by atoms with Crippen molar-refractivity contribution in [3.63, 3.8) is 0 Å². The van der Waals surface area contributed by atoms with Gasteiger partial charge in [0.15, 0.2) is 0 Å². The third kappa shape index (κ3) is 2.71. The highest BCUT2D eigenvalue weighted by Gasteiger charge is 2.07. The highest BCUT2D eigenvalue weighted by Crippen LogP contribution is 2.19. The summed E-state index contributed by atoms with van der Waals surface area (Å²) in [6.07, 6.45) is 0. The molecule has 0 amide bonds. The molecule has 3 nitrogen and oxygen atoms in total. The second kappa shape index (κ2) is 5.23. The number of nitrogens with two attached hydrogens (primary N) is 1. The van der Waals surface area contributed by atoms with Gasteiger partial charge in [0.25, 0.3) is 0 Å². The number of ether oxygens (including phenoxy) is 1. The number of aryl methyl sites for hydroxylation is 2. The van der Waals surface area contributed by atoms with Crippen LogP contribution in [0.15, 0.2) is 28.7 Å². The summed E-state index contributed by atoms with van der Waals surface area (Å²) < 4.78 is 24.3. The molecule has 1 heterocycles. The van der Waals surface area contributed by atoms with Crippen LogP contribution in [0.1, 0.15) is 22.6 Å². The average Bonchev–Trinajstić information content (AvgIpc) is 2.71. The van der Waals surface area contributed by atoms with Crippen molar-refractivity contribution in [3.05, 3.63) is 52.7 Å². The van der Waals surface area contributed by atoms with Crippen molar-refractivity contribution in [1.29, 1.82) is 0 Å². The van der Waals surface area contributed by atoms with Crippen molar-refractivity contribution in [1.82, 2.24) is 0 Å². The van der Waals surface area contributed by atoms with E-state index in [1.165, 1.54) is 6.07 Å². The zero-order valence-electron chi connectivity index (χ0n) is 10.5. The summed E-state index contributed by atoms with van der Waals surface area (Å²) in [4.78, 5) is 0. The summed E-state index contributed by atoms with van der Waals surface area (Å²) in [5.41, 5.74) is 7.13. The lowest BCUT2D eigenvalue weighted by Gasteiger charge is -2.05. The normalized spacial score (nSPS) is 10.7. The summed E-state index contributed by atoms with van der Waals surface area (Å²) >= 11 is 0. The number of halogens is 1. The topological polar surface area (TPSA) is 48.4 Å². The fourth-order valence-electron chi connectivity index (χ4n) is 1.68. The molecule has 0 spiro atoms. The molecule has 0 atom stereocenters. The van der Waals surface area contributed by atoms with Crippen LogP contribution in [0.25, 0.3) is 0 Å². The fourth-order valence-corrected chi connectivity index (χ4v) is 1.68. The molecule has 0 aliphatic carbocycles. The fraction of sp³-hybridized carbons (Fsp3) is 0.286. The van der Waals surface area contributed by atoms with Crippen LogP contribution in [-0.4, -0.2) is 0 Å². The molecule has 18 heavy (non-hydrogen) atoms. The molecule has 0 saturated carbocycles. The molecule has 0 fully saturated rings. The summed E-state index contributed by atoms with van der Waals surface area (Å²) in [6.45, 7) is 4.28. The van der Waals surface area contributed by atoms with Crippen LogP contribution in [0.3, 0.4) is 0 Å². The number of hydrogen-bond acceptors (Lipinski definition) is 3. The summed E-state index contributed by atoms with van der Waals surface area (Å²) in [5.74, 6) is 1.66. The molecule has 0 aliphatic heterocycles. The Morgan fingerprint density at radius 2 is 2.00 bits per heavy atom. The van der Waals surface area contributed by atoms with Crippen molar-refractivity contribution in [2.45, 2.75) is 27.0 Å². The highest BCUT2D eigenvalue weighted by molar-refractivity contribution is 5.28. The SMILES string of the molecule is Cc1ccc(OCc2cc(C)c(CN)o2)cc1F.